The van der Waals surface area contributed by atoms with E-state index < -0.39 is 5.82 Å². The van der Waals surface area contributed by atoms with Crippen molar-refractivity contribution >= 4 is 28.3 Å². The summed E-state index contributed by atoms with van der Waals surface area (Å²) in [4.78, 5) is 17.5. The van der Waals surface area contributed by atoms with Crippen LogP contribution in [-0.4, -0.2) is 33.8 Å². The number of nitrogens with one attached hydrogen (secondary N) is 2. The SMILES string of the molecule is COc1cc2c(Oc3ccc(Nc4nn(C)cc4C(=O)NC4CCCCC4)cc3F)ccnc2cc1OCc1ccccc1. The first-order valence-corrected chi connectivity index (χ1v) is 14.7. The van der Waals surface area contributed by atoms with Gasteiger partial charge in [-0.2, -0.15) is 5.10 Å². The summed E-state index contributed by atoms with van der Waals surface area (Å²) >= 11 is 0. The number of methoxy groups -OCH3 is 1. The average Bonchev–Trinajstić information content (AvgIpc) is 3.41. The van der Waals surface area contributed by atoms with E-state index in [9.17, 15) is 4.79 Å². The van der Waals surface area contributed by atoms with Gasteiger partial charge < -0.3 is 24.8 Å². The molecule has 2 N–H and O–H groups in total. The molecule has 0 radical (unpaired) electrons. The van der Waals surface area contributed by atoms with Gasteiger partial charge in [0.15, 0.2) is 28.9 Å². The van der Waals surface area contributed by atoms with Crippen molar-refractivity contribution in [1.29, 1.82) is 0 Å². The van der Waals surface area contributed by atoms with Gasteiger partial charge in [-0.3, -0.25) is 14.5 Å². The van der Waals surface area contributed by atoms with Crippen LogP contribution in [0.15, 0.2) is 79.1 Å². The molecule has 0 saturated heterocycles. The van der Waals surface area contributed by atoms with Gasteiger partial charge in [0, 0.05) is 48.7 Å². The number of benzene rings is 3. The number of carbonyl (C=O) groups is 1. The molecule has 1 fully saturated rings. The van der Waals surface area contributed by atoms with Crippen molar-refractivity contribution in [3.05, 3.63) is 96.1 Å². The third-order valence-corrected chi connectivity index (χ3v) is 7.65. The lowest BCUT2D eigenvalue weighted by Gasteiger charge is -2.22. The van der Waals surface area contributed by atoms with Crippen molar-refractivity contribution in [2.24, 2.45) is 7.05 Å². The first-order valence-electron chi connectivity index (χ1n) is 14.7. The molecule has 1 aliphatic rings. The summed E-state index contributed by atoms with van der Waals surface area (Å²) in [5.41, 5.74) is 2.47. The Hall–Kier alpha value is -5.12. The third kappa shape index (κ3) is 6.59. The lowest BCUT2D eigenvalue weighted by Crippen LogP contribution is -2.36. The van der Waals surface area contributed by atoms with E-state index >= 15 is 4.39 Å². The van der Waals surface area contributed by atoms with Crippen molar-refractivity contribution in [2.75, 3.05) is 12.4 Å². The van der Waals surface area contributed by atoms with E-state index in [0.717, 1.165) is 31.2 Å². The van der Waals surface area contributed by atoms with Crippen LogP contribution in [0.3, 0.4) is 0 Å². The molecule has 1 aliphatic carbocycles. The van der Waals surface area contributed by atoms with Gasteiger partial charge in [-0.05, 0) is 42.7 Å². The molecule has 5 aromatic rings. The zero-order valence-electron chi connectivity index (χ0n) is 24.7. The Labute approximate surface area is 255 Å². The van der Waals surface area contributed by atoms with E-state index in [1.807, 2.05) is 30.3 Å². The second-order valence-electron chi connectivity index (χ2n) is 10.8. The maximum atomic E-state index is 15.4. The molecule has 0 bridgehead atoms. The Balaban J connectivity index is 1.18. The normalized spacial score (nSPS) is 13.4. The highest BCUT2D eigenvalue weighted by atomic mass is 19.1. The Bertz CT molecular complexity index is 1770. The fraction of sp³-hybridized carbons (Fsp3) is 0.265. The largest absolute Gasteiger partial charge is 0.493 e. The molecule has 1 saturated carbocycles. The van der Waals surface area contributed by atoms with Crippen LogP contribution in [0, 0.1) is 5.82 Å². The number of amides is 1. The number of hydrogen-bond donors (Lipinski definition) is 2. The smallest absolute Gasteiger partial charge is 0.256 e. The monoisotopic (exact) mass is 595 g/mol. The Morgan fingerprint density at radius 3 is 2.57 bits per heavy atom. The first-order chi connectivity index (χ1) is 21.5. The summed E-state index contributed by atoms with van der Waals surface area (Å²) in [5, 5.41) is 11.2. The van der Waals surface area contributed by atoms with Gasteiger partial charge in [0.1, 0.15) is 17.9 Å². The number of ether oxygens (including phenoxy) is 3. The minimum absolute atomic E-state index is 0.0303. The van der Waals surface area contributed by atoms with Crippen molar-refractivity contribution in [3.63, 3.8) is 0 Å². The Morgan fingerprint density at radius 2 is 1.80 bits per heavy atom. The fourth-order valence-corrected chi connectivity index (χ4v) is 5.40. The van der Waals surface area contributed by atoms with E-state index in [1.54, 1.807) is 55.5 Å². The van der Waals surface area contributed by atoms with Gasteiger partial charge in [-0.25, -0.2) is 4.39 Å². The predicted molar refractivity (Wildman–Crippen MR) is 166 cm³/mol. The molecule has 9 nitrogen and oxygen atoms in total. The van der Waals surface area contributed by atoms with Crippen LogP contribution >= 0.6 is 0 Å². The minimum Gasteiger partial charge on any atom is -0.493 e. The second-order valence-corrected chi connectivity index (χ2v) is 10.8. The number of fused-ring (bicyclic) bond motifs is 1. The summed E-state index contributed by atoms with van der Waals surface area (Å²) in [5.74, 6) is 1.06. The van der Waals surface area contributed by atoms with E-state index in [1.165, 1.54) is 18.6 Å². The van der Waals surface area contributed by atoms with Crippen molar-refractivity contribution < 1.29 is 23.4 Å². The molecule has 1 amide bonds. The molecule has 2 aromatic heterocycles. The van der Waals surface area contributed by atoms with Gasteiger partial charge in [0.25, 0.3) is 5.91 Å². The molecule has 2 heterocycles. The molecule has 6 rings (SSSR count). The number of anilines is 2. The molecule has 0 unspecified atom stereocenters. The highest BCUT2D eigenvalue weighted by molar-refractivity contribution is 5.99. The van der Waals surface area contributed by atoms with E-state index in [-0.39, 0.29) is 17.7 Å². The number of aryl methyl sites for hydroxylation is 1. The summed E-state index contributed by atoms with van der Waals surface area (Å²) in [6.07, 6.45) is 8.64. The first kappa shape index (κ1) is 29.0. The van der Waals surface area contributed by atoms with Crippen LogP contribution in [-0.2, 0) is 13.7 Å². The molecule has 0 aliphatic heterocycles. The van der Waals surface area contributed by atoms with Gasteiger partial charge in [0.05, 0.1) is 12.6 Å². The van der Waals surface area contributed by atoms with E-state index in [4.69, 9.17) is 14.2 Å². The molecule has 0 spiro atoms. The zero-order valence-corrected chi connectivity index (χ0v) is 24.7. The second kappa shape index (κ2) is 13.0. The number of halogens is 1. The Kier molecular flexibility index (Phi) is 8.58. The van der Waals surface area contributed by atoms with Crippen LogP contribution < -0.4 is 24.8 Å². The number of carbonyl (C=O) groups excluding carboxylic acids is 1. The summed E-state index contributed by atoms with van der Waals surface area (Å²) in [6.45, 7) is 0.371. The van der Waals surface area contributed by atoms with Crippen molar-refractivity contribution in [3.8, 4) is 23.0 Å². The van der Waals surface area contributed by atoms with Gasteiger partial charge in [0.2, 0.25) is 0 Å². The molecule has 3 aromatic carbocycles. The van der Waals surface area contributed by atoms with Crippen LogP contribution in [0.1, 0.15) is 48.0 Å². The van der Waals surface area contributed by atoms with E-state index in [2.05, 4.69) is 20.7 Å². The fourth-order valence-electron chi connectivity index (χ4n) is 5.40. The van der Waals surface area contributed by atoms with Gasteiger partial charge in [-0.1, -0.05) is 49.6 Å². The third-order valence-electron chi connectivity index (χ3n) is 7.65. The predicted octanol–water partition coefficient (Wildman–Crippen LogP) is 7.29. The number of nitrogens with zero attached hydrogens (tertiary/aromatic N) is 3. The molecule has 226 valence electrons. The summed E-state index contributed by atoms with van der Waals surface area (Å²) in [6, 6.07) is 19.7. The maximum Gasteiger partial charge on any atom is 0.256 e. The quantitative estimate of drug-likeness (QED) is 0.175. The highest BCUT2D eigenvalue weighted by Crippen LogP contribution is 2.38. The van der Waals surface area contributed by atoms with E-state index in [0.29, 0.717) is 51.8 Å². The maximum absolute atomic E-state index is 15.4. The topological polar surface area (TPSA) is 99.5 Å². The van der Waals surface area contributed by atoms with Crippen molar-refractivity contribution in [1.82, 2.24) is 20.1 Å². The van der Waals surface area contributed by atoms with Crippen LogP contribution in [0.2, 0.25) is 0 Å². The molecule has 10 heteroatoms. The molecule has 0 atom stereocenters. The number of rotatable bonds is 10. The summed E-state index contributed by atoms with van der Waals surface area (Å²) in [7, 11) is 3.30. The van der Waals surface area contributed by atoms with Crippen LogP contribution in [0.4, 0.5) is 15.9 Å². The molecule has 44 heavy (non-hydrogen) atoms. The van der Waals surface area contributed by atoms with Crippen LogP contribution in [0.25, 0.3) is 10.9 Å². The van der Waals surface area contributed by atoms with Crippen molar-refractivity contribution in [2.45, 2.75) is 44.8 Å². The molecular weight excluding hydrogens is 561 g/mol. The van der Waals surface area contributed by atoms with Gasteiger partial charge >= 0.3 is 0 Å². The number of hydrogen-bond acceptors (Lipinski definition) is 7. The lowest BCUT2D eigenvalue weighted by atomic mass is 9.95. The van der Waals surface area contributed by atoms with Gasteiger partial charge in [-0.15, -0.1) is 0 Å². The number of pyridine rings is 1. The summed E-state index contributed by atoms with van der Waals surface area (Å²) < 4.78 is 34.5. The standard InChI is InChI=1S/C34H34FN5O4/c1-40-20-26(34(41)38-23-11-7-4-8-12-23)33(39-40)37-24-13-14-30(27(35)17-24)44-29-15-16-36-28-19-32(31(42-2)18-25(28)29)43-21-22-9-5-3-6-10-22/h3,5-6,9-10,13-20,23H,4,7-8,11-12,21H2,1-2H3,(H,37,39)(H,38,41). The Morgan fingerprint density at radius 1 is 0.977 bits per heavy atom. The zero-order chi connectivity index (χ0) is 30.5. The minimum atomic E-state index is -0.584. The highest BCUT2D eigenvalue weighted by Gasteiger charge is 2.21. The average molecular weight is 596 g/mol. The van der Waals surface area contributed by atoms with Crippen LogP contribution in [0.5, 0.6) is 23.0 Å². The number of aromatic nitrogens is 3. The lowest BCUT2D eigenvalue weighted by molar-refractivity contribution is 0.0928. The molecular formula is C34H34FN5O4.